The molecular formula is C14H21N3O2. The molecule has 1 rings (SSSR count). The molecule has 5 nitrogen and oxygen atoms in total. The van der Waals surface area contributed by atoms with Crippen LogP contribution in [0, 0.1) is 0 Å². The van der Waals surface area contributed by atoms with Gasteiger partial charge in [0.05, 0.1) is 0 Å². The molecule has 1 aromatic carbocycles. The molecule has 3 N–H and O–H groups in total. The van der Waals surface area contributed by atoms with Crippen LogP contribution in [0.15, 0.2) is 35.5 Å². The Labute approximate surface area is 113 Å². The Morgan fingerprint density at radius 2 is 2.05 bits per heavy atom. The molecule has 19 heavy (non-hydrogen) atoms. The summed E-state index contributed by atoms with van der Waals surface area (Å²) in [6.07, 6.45) is 1.41. The predicted molar refractivity (Wildman–Crippen MR) is 75.6 cm³/mol. The van der Waals surface area contributed by atoms with Crippen LogP contribution in [-0.2, 0) is 16.1 Å². The Bertz CT molecular complexity index is 416. The number of hydrogen-bond acceptors (Lipinski definition) is 3. The number of oxime groups is 1. The molecular weight excluding hydrogens is 242 g/mol. The van der Waals surface area contributed by atoms with Crippen LogP contribution in [0.2, 0.25) is 0 Å². The molecule has 0 aliphatic carbocycles. The molecule has 0 heterocycles. The van der Waals surface area contributed by atoms with E-state index in [1.165, 1.54) is 5.56 Å². The number of nitrogens with zero attached hydrogens (tertiary/aromatic N) is 1. The lowest BCUT2D eigenvalue weighted by molar-refractivity contribution is -0.126. The number of aryl methyl sites for hydroxylation is 1. The van der Waals surface area contributed by atoms with Crippen LogP contribution in [0.4, 0.5) is 0 Å². The number of amides is 1. The van der Waals surface area contributed by atoms with Crippen molar-refractivity contribution >= 4 is 11.7 Å². The first-order chi connectivity index (χ1) is 9.08. The number of carbonyl (C=O) groups is 1. The van der Waals surface area contributed by atoms with E-state index < -0.39 is 0 Å². The van der Waals surface area contributed by atoms with Gasteiger partial charge < -0.3 is 15.9 Å². The standard InChI is InChI=1S/C14H21N3O2/c1-11(2)16-14(18)10-19-17-13(15)9-8-12-6-4-3-5-7-12/h3-7,11H,8-10H2,1-2H3,(H2,15,17)(H,16,18). The second-order valence-electron chi connectivity index (χ2n) is 4.56. The SMILES string of the molecule is CC(C)NC(=O)CO/N=C(\N)CCc1ccccc1. The van der Waals surface area contributed by atoms with Gasteiger partial charge in [-0.3, -0.25) is 4.79 Å². The van der Waals surface area contributed by atoms with Crippen molar-refractivity contribution in [3.05, 3.63) is 35.9 Å². The van der Waals surface area contributed by atoms with Crippen molar-refractivity contribution in [3.63, 3.8) is 0 Å². The monoisotopic (exact) mass is 263 g/mol. The van der Waals surface area contributed by atoms with E-state index in [4.69, 9.17) is 10.6 Å². The number of benzene rings is 1. The smallest absolute Gasteiger partial charge is 0.260 e. The van der Waals surface area contributed by atoms with Crippen molar-refractivity contribution in [1.82, 2.24) is 5.32 Å². The minimum absolute atomic E-state index is 0.0931. The zero-order chi connectivity index (χ0) is 14.1. The Kier molecular flexibility index (Phi) is 6.43. The van der Waals surface area contributed by atoms with Gasteiger partial charge in [0.15, 0.2) is 6.61 Å². The lowest BCUT2D eigenvalue weighted by atomic mass is 10.1. The lowest BCUT2D eigenvalue weighted by Crippen LogP contribution is -2.33. The van der Waals surface area contributed by atoms with E-state index in [0.29, 0.717) is 12.3 Å². The molecule has 0 unspecified atom stereocenters. The van der Waals surface area contributed by atoms with Gasteiger partial charge in [0.1, 0.15) is 5.84 Å². The predicted octanol–water partition coefficient (Wildman–Crippen LogP) is 1.43. The molecule has 0 bridgehead atoms. The van der Waals surface area contributed by atoms with Gasteiger partial charge in [-0.1, -0.05) is 35.5 Å². The number of hydrogen-bond donors (Lipinski definition) is 2. The van der Waals surface area contributed by atoms with E-state index in [-0.39, 0.29) is 18.6 Å². The van der Waals surface area contributed by atoms with Crippen LogP contribution in [0.5, 0.6) is 0 Å². The fourth-order valence-corrected chi connectivity index (χ4v) is 1.50. The molecule has 1 amide bonds. The lowest BCUT2D eigenvalue weighted by Gasteiger charge is -2.07. The number of nitrogens with one attached hydrogen (secondary N) is 1. The highest BCUT2D eigenvalue weighted by Crippen LogP contribution is 2.02. The van der Waals surface area contributed by atoms with E-state index in [1.54, 1.807) is 0 Å². The molecule has 0 aliphatic rings. The normalized spacial score (nSPS) is 11.4. The molecule has 0 radical (unpaired) electrons. The van der Waals surface area contributed by atoms with Crippen LogP contribution in [0.3, 0.4) is 0 Å². The highest BCUT2D eigenvalue weighted by atomic mass is 16.6. The van der Waals surface area contributed by atoms with Crippen LogP contribution in [0.1, 0.15) is 25.8 Å². The summed E-state index contributed by atoms with van der Waals surface area (Å²) in [7, 11) is 0. The fourth-order valence-electron chi connectivity index (χ4n) is 1.50. The zero-order valence-electron chi connectivity index (χ0n) is 11.4. The Balaban J connectivity index is 2.24. The van der Waals surface area contributed by atoms with Crippen LogP contribution in [-0.4, -0.2) is 24.4 Å². The van der Waals surface area contributed by atoms with Crippen molar-refractivity contribution in [2.45, 2.75) is 32.7 Å². The van der Waals surface area contributed by atoms with E-state index in [2.05, 4.69) is 10.5 Å². The van der Waals surface area contributed by atoms with Gasteiger partial charge in [-0.15, -0.1) is 0 Å². The van der Waals surface area contributed by atoms with Crippen molar-refractivity contribution < 1.29 is 9.63 Å². The van der Waals surface area contributed by atoms with Crippen molar-refractivity contribution in [2.24, 2.45) is 10.9 Å². The first-order valence-electron chi connectivity index (χ1n) is 6.35. The first-order valence-corrected chi connectivity index (χ1v) is 6.35. The van der Waals surface area contributed by atoms with E-state index >= 15 is 0 Å². The Hall–Kier alpha value is -2.04. The molecule has 0 atom stereocenters. The van der Waals surface area contributed by atoms with Crippen molar-refractivity contribution in [3.8, 4) is 0 Å². The van der Waals surface area contributed by atoms with Crippen LogP contribution in [0.25, 0.3) is 0 Å². The van der Waals surface area contributed by atoms with Crippen LogP contribution < -0.4 is 11.1 Å². The summed E-state index contributed by atoms with van der Waals surface area (Å²) in [5.41, 5.74) is 6.90. The molecule has 0 aromatic heterocycles. The third-order valence-electron chi connectivity index (χ3n) is 2.34. The van der Waals surface area contributed by atoms with Crippen molar-refractivity contribution in [2.75, 3.05) is 6.61 Å². The summed E-state index contributed by atoms with van der Waals surface area (Å²) >= 11 is 0. The average molecular weight is 263 g/mol. The second kappa shape index (κ2) is 8.13. The second-order valence-corrected chi connectivity index (χ2v) is 4.56. The molecule has 1 aromatic rings. The summed E-state index contributed by atoms with van der Waals surface area (Å²) in [4.78, 5) is 16.2. The fraction of sp³-hybridized carbons (Fsp3) is 0.429. The van der Waals surface area contributed by atoms with Gasteiger partial charge >= 0.3 is 0 Å². The Morgan fingerprint density at radius 1 is 1.37 bits per heavy atom. The first kappa shape index (κ1) is 15.0. The number of carbonyl (C=O) groups excluding carboxylic acids is 1. The van der Waals surface area contributed by atoms with E-state index in [1.807, 2.05) is 44.2 Å². The minimum atomic E-state index is -0.199. The third kappa shape index (κ3) is 7.08. The quantitative estimate of drug-likeness (QED) is 0.444. The molecule has 0 spiro atoms. The number of rotatable bonds is 7. The third-order valence-corrected chi connectivity index (χ3v) is 2.34. The summed E-state index contributed by atoms with van der Waals surface area (Å²) in [5.74, 6) is 0.191. The molecule has 0 fully saturated rings. The molecule has 0 aliphatic heterocycles. The highest BCUT2D eigenvalue weighted by molar-refractivity contribution is 5.80. The Morgan fingerprint density at radius 3 is 2.68 bits per heavy atom. The van der Waals surface area contributed by atoms with Crippen molar-refractivity contribution in [1.29, 1.82) is 0 Å². The number of nitrogens with two attached hydrogens (primary N) is 1. The summed E-state index contributed by atoms with van der Waals surface area (Å²) in [5, 5.41) is 6.42. The largest absolute Gasteiger partial charge is 0.384 e. The van der Waals surface area contributed by atoms with Gasteiger partial charge in [-0.05, 0) is 25.8 Å². The molecule has 0 saturated heterocycles. The van der Waals surface area contributed by atoms with E-state index in [0.717, 1.165) is 6.42 Å². The molecule has 5 heteroatoms. The summed E-state index contributed by atoms with van der Waals surface area (Å²) in [6, 6.07) is 10.1. The van der Waals surface area contributed by atoms with Crippen LogP contribution >= 0.6 is 0 Å². The molecule has 104 valence electrons. The zero-order valence-corrected chi connectivity index (χ0v) is 11.4. The van der Waals surface area contributed by atoms with E-state index in [9.17, 15) is 4.79 Å². The highest BCUT2D eigenvalue weighted by Gasteiger charge is 2.03. The van der Waals surface area contributed by atoms with Gasteiger partial charge in [-0.2, -0.15) is 0 Å². The summed E-state index contributed by atoms with van der Waals surface area (Å²) in [6.45, 7) is 3.66. The minimum Gasteiger partial charge on any atom is -0.384 e. The topological polar surface area (TPSA) is 76.7 Å². The van der Waals surface area contributed by atoms with Gasteiger partial charge in [-0.25, -0.2) is 0 Å². The number of amidine groups is 1. The summed E-state index contributed by atoms with van der Waals surface area (Å²) < 4.78 is 0. The maximum absolute atomic E-state index is 11.3. The average Bonchev–Trinajstić information content (AvgIpc) is 2.36. The maximum Gasteiger partial charge on any atom is 0.260 e. The maximum atomic E-state index is 11.3. The molecule has 0 saturated carbocycles. The van der Waals surface area contributed by atoms with Gasteiger partial charge in [0.25, 0.3) is 5.91 Å². The van der Waals surface area contributed by atoms with Gasteiger partial charge in [0.2, 0.25) is 0 Å². The van der Waals surface area contributed by atoms with Gasteiger partial charge in [0, 0.05) is 12.5 Å².